The summed E-state index contributed by atoms with van der Waals surface area (Å²) in [5.74, 6) is -0.614. The molecular formula is C21H25NO5. The monoisotopic (exact) mass is 371 g/mol. The van der Waals surface area contributed by atoms with Gasteiger partial charge in [-0.15, -0.1) is 0 Å². The van der Waals surface area contributed by atoms with E-state index < -0.39 is 5.97 Å². The second-order valence-electron chi connectivity index (χ2n) is 7.07. The lowest BCUT2D eigenvalue weighted by Gasteiger charge is -2.49. The van der Waals surface area contributed by atoms with Gasteiger partial charge in [-0.2, -0.15) is 0 Å². The Bertz CT molecular complexity index is 776. The van der Waals surface area contributed by atoms with Crippen LogP contribution in [0.1, 0.15) is 50.4 Å². The fourth-order valence-corrected chi connectivity index (χ4v) is 3.75. The van der Waals surface area contributed by atoms with Crippen molar-refractivity contribution in [1.29, 1.82) is 0 Å². The number of amides is 2. The Morgan fingerprint density at radius 3 is 2.44 bits per heavy atom. The summed E-state index contributed by atoms with van der Waals surface area (Å²) in [6, 6.07) is 6.29. The summed E-state index contributed by atoms with van der Waals surface area (Å²) < 4.78 is 11.2. The first kappa shape index (κ1) is 19.3. The Kier molecular flexibility index (Phi) is 5.46. The van der Waals surface area contributed by atoms with Gasteiger partial charge in [-0.3, -0.25) is 9.59 Å². The van der Waals surface area contributed by atoms with Crippen LogP contribution in [0.3, 0.4) is 0 Å². The number of carbonyl (C=O) groups is 3. The molecule has 6 heteroatoms. The van der Waals surface area contributed by atoms with Crippen molar-refractivity contribution in [2.45, 2.75) is 45.6 Å². The maximum Gasteiger partial charge on any atom is 0.338 e. The van der Waals surface area contributed by atoms with E-state index in [-0.39, 0.29) is 17.4 Å². The second-order valence-corrected chi connectivity index (χ2v) is 7.07. The number of hydrogen-bond acceptors (Lipinski definition) is 5. The molecule has 1 saturated heterocycles. The predicted molar refractivity (Wildman–Crippen MR) is 100 cm³/mol. The Balaban J connectivity index is 1.57. The lowest BCUT2D eigenvalue weighted by Crippen LogP contribution is -2.53. The molecule has 3 rings (SSSR count). The summed E-state index contributed by atoms with van der Waals surface area (Å²) in [6.45, 7) is 6.93. The average molecular weight is 371 g/mol. The molecule has 0 bridgehead atoms. The van der Waals surface area contributed by atoms with E-state index in [0.29, 0.717) is 35.8 Å². The third kappa shape index (κ3) is 3.54. The van der Waals surface area contributed by atoms with Crippen molar-refractivity contribution in [3.05, 3.63) is 41.5 Å². The van der Waals surface area contributed by atoms with Crippen LogP contribution in [-0.4, -0.2) is 36.6 Å². The number of esters is 1. The summed E-state index contributed by atoms with van der Waals surface area (Å²) in [4.78, 5) is 37.3. The number of ether oxygens (including phenoxy) is 2. The van der Waals surface area contributed by atoms with Gasteiger partial charge in [0.25, 0.3) is 11.8 Å². The molecule has 0 radical (unpaired) electrons. The van der Waals surface area contributed by atoms with E-state index in [0.717, 1.165) is 24.3 Å². The maximum atomic E-state index is 12.3. The van der Waals surface area contributed by atoms with Crippen LogP contribution in [0.15, 0.2) is 35.9 Å². The van der Waals surface area contributed by atoms with Gasteiger partial charge in [-0.1, -0.05) is 13.8 Å². The number of anilines is 1. The lowest BCUT2D eigenvalue weighted by atomic mass is 9.76. The molecular weight excluding hydrogens is 346 g/mol. The number of nitrogens with zero attached hydrogens (tertiary/aromatic N) is 1. The minimum Gasteiger partial charge on any atom is -0.462 e. The molecule has 0 aromatic heterocycles. The Labute approximate surface area is 159 Å². The molecule has 0 N–H and O–H groups in total. The summed E-state index contributed by atoms with van der Waals surface area (Å²) in [7, 11) is 0. The van der Waals surface area contributed by atoms with E-state index in [4.69, 9.17) is 9.47 Å². The zero-order valence-electron chi connectivity index (χ0n) is 16.0. The fourth-order valence-electron chi connectivity index (χ4n) is 3.75. The van der Waals surface area contributed by atoms with E-state index in [9.17, 15) is 14.4 Å². The summed E-state index contributed by atoms with van der Waals surface area (Å²) in [6.07, 6.45) is 3.96. The van der Waals surface area contributed by atoms with Crippen LogP contribution in [0.2, 0.25) is 0 Å². The molecule has 2 unspecified atom stereocenters. The molecule has 6 nitrogen and oxygen atoms in total. The number of rotatable bonds is 7. The zero-order valence-corrected chi connectivity index (χ0v) is 16.0. The van der Waals surface area contributed by atoms with Gasteiger partial charge < -0.3 is 9.47 Å². The molecule has 0 saturated carbocycles. The summed E-state index contributed by atoms with van der Waals surface area (Å²) >= 11 is 0. The Morgan fingerprint density at radius 2 is 1.96 bits per heavy atom. The van der Waals surface area contributed by atoms with Crippen molar-refractivity contribution in [2.24, 2.45) is 5.92 Å². The van der Waals surface area contributed by atoms with Gasteiger partial charge in [0, 0.05) is 24.0 Å². The average Bonchev–Trinajstić information content (AvgIpc) is 2.90. The molecule has 2 aliphatic rings. The molecule has 0 aliphatic carbocycles. The Morgan fingerprint density at radius 1 is 1.26 bits per heavy atom. The van der Waals surface area contributed by atoms with Gasteiger partial charge in [0.2, 0.25) is 0 Å². The number of carbonyl (C=O) groups excluding carboxylic acids is 3. The summed E-state index contributed by atoms with van der Waals surface area (Å²) in [5, 5.41) is 0. The van der Waals surface area contributed by atoms with Gasteiger partial charge in [-0.25, -0.2) is 9.69 Å². The van der Waals surface area contributed by atoms with E-state index in [1.165, 1.54) is 6.08 Å². The lowest BCUT2D eigenvalue weighted by molar-refractivity contribution is -0.213. The molecule has 27 heavy (non-hydrogen) atoms. The smallest absolute Gasteiger partial charge is 0.338 e. The minimum absolute atomic E-state index is 0.166. The Hall–Kier alpha value is -2.47. The predicted octanol–water partition coefficient (Wildman–Crippen LogP) is 3.26. The minimum atomic E-state index is -0.423. The van der Waals surface area contributed by atoms with Gasteiger partial charge in [0.15, 0.2) is 0 Å². The van der Waals surface area contributed by atoms with Crippen LogP contribution in [0.5, 0.6) is 0 Å². The van der Waals surface area contributed by atoms with Crippen molar-refractivity contribution >= 4 is 23.5 Å². The van der Waals surface area contributed by atoms with Crippen molar-refractivity contribution in [3.8, 4) is 0 Å². The SMILES string of the molecule is CCC1COC1(CC)CCOC(=O)c1ccc(N2C(=O)C=C(C)C2=O)cc1. The first-order chi connectivity index (χ1) is 12.9. The van der Waals surface area contributed by atoms with Crippen LogP contribution in [0.4, 0.5) is 5.69 Å². The van der Waals surface area contributed by atoms with Gasteiger partial charge in [-0.05, 0) is 44.0 Å². The highest BCUT2D eigenvalue weighted by molar-refractivity contribution is 6.30. The van der Waals surface area contributed by atoms with Gasteiger partial charge in [0.05, 0.1) is 30.1 Å². The quantitative estimate of drug-likeness (QED) is 0.543. The largest absolute Gasteiger partial charge is 0.462 e. The van der Waals surface area contributed by atoms with Crippen molar-refractivity contribution in [2.75, 3.05) is 18.1 Å². The summed E-state index contributed by atoms with van der Waals surface area (Å²) in [5.41, 5.74) is 1.06. The van der Waals surface area contributed by atoms with E-state index in [2.05, 4.69) is 13.8 Å². The molecule has 2 heterocycles. The fraction of sp³-hybridized carbons (Fsp3) is 0.476. The molecule has 1 aromatic rings. The molecule has 1 fully saturated rings. The second kappa shape index (κ2) is 7.64. The van der Waals surface area contributed by atoms with Crippen LogP contribution in [0, 0.1) is 5.92 Å². The molecule has 1 aromatic carbocycles. The zero-order chi connectivity index (χ0) is 19.6. The molecule has 2 aliphatic heterocycles. The van der Waals surface area contributed by atoms with Crippen LogP contribution in [-0.2, 0) is 19.1 Å². The standard InChI is InChI=1S/C21H25NO5/c1-4-16-13-27-21(16,5-2)10-11-26-20(25)15-6-8-17(9-7-15)22-18(23)12-14(3)19(22)24/h6-9,12,16H,4-5,10-11,13H2,1-3H3. The third-order valence-corrected chi connectivity index (χ3v) is 5.63. The molecule has 2 atom stereocenters. The van der Waals surface area contributed by atoms with Gasteiger partial charge >= 0.3 is 5.97 Å². The van der Waals surface area contributed by atoms with Crippen LogP contribution >= 0.6 is 0 Å². The van der Waals surface area contributed by atoms with Crippen molar-refractivity contribution in [1.82, 2.24) is 0 Å². The molecule has 0 spiro atoms. The van der Waals surface area contributed by atoms with Crippen LogP contribution < -0.4 is 4.90 Å². The van der Waals surface area contributed by atoms with E-state index >= 15 is 0 Å². The number of benzene rings is 1. The maximum absolute atomic E-state index is 12.3. The number of hydrogen-bond donors (Lipinski definition) is 0. The first-order valence-electron chi connectivity index (χ1n) is 9.39. The topological polar surface area (TPSA) is 72.9 Å². The highest BCUT2D eigenvalue weighted by Gasteiger charge is 2.45. The van der Waals surface area contributed by atoms with Gasteiger partial charge in [0.1, 0.15) is 0 Å². The molecule has 144 valence electrons. The highest BCUT2D eigenvalue weighted by Crippen LogP contribution is 2.41. The van der Waals surface area contributed by atoms with Crippen molar-refractivity contribution in [3.63, 3.8) is 0 Å². The van der Waals surface area contributed by atoms with Crippen molar-refractivity contribution < 1.29 is 23.9 Å². The molecule has 2 amide bonds. The number of imide groups is 1. The normalized spacial score (nSPS) is 24.6. The first-order valence-corrected chi connectivity index (χ1v) is 9.39. The highest BCUT2D eigenvalue weighted by atomic mass is 16.5. The van der Waals surface area contributed by atoms with E-state index in [1.54, 1.807) is 31.2 Å². The third-order valence-electron chi connectivity index (χ3n) is 5.63. The van der Waals surface area contributed by atoms with Crippen LogP contribution in [0.25, 0.3) is 0 Å². The van der Waals surface area contributed by atoms with E-state index in [1.807, 2.05) is 0 Å².